The molecule has 90 valence electrons. The number of hydrogen-bond donors (Lipinski definition) is 1. The van der Waals surface area contributed by atoms with Crippen molar-refractivity contribution in [1.29, 1.82) is 0 Å². The van der Waals surface area contributed by atoms with E-state index in [9.17, 15) is 4.79 Å². The molecule has 1 heterocycles. The maximum atomic E-state index is 11.8. The third kappa shape index (κ3) is 3.41. The van der Waals surface area contributed by atoms with E-state index >= 15 is 0 Å². The fourth-order valence-electron chi connectivity index (χ4n) is 2.12. The summed E-state index contributed by atoms with van der Waals surface area (Å²) in [4.78, 5) is 15.9. The first-order valence-corrected chi connectivity index (χ1v) is 6.11. The molecule has 1 aromatic rings. The van der Waals surface area contributed by atoms with Gasteiger partial charge in [0.05, 0.1) is 6.04 Å². The molecule has 0 radical (unpaired) electrons. The van der Waals surface area contributed by atoms with E-state index in [1.165, 1.54) is 0 Å². The number of pyridine rings is 1. The molecule has 2 rings (SSSR count). The monoisotopic (exact) mass is 230 g/mol. The van der Waals surface area contributed by atoms with E-state index in [1.54, 1.807) is 12.4 Å². The zero-order chi connectivity index (χ0) is 12.1. The quantitative estimate of drug-likeness (QED) is 0.808. The van der Waals surface area contributed by atoms with Crippen LogP contribution in [0.1, 0.15) is 37.8 Å². The minimum atomic E-state index is 0.0292. The molecule has 1 aliphatic rings. The Morgan fingerprint density at radius 3 is 3.18 bits per heavy atom. The number of rotatable bonds is 4. The van der Waals surface area contributed by atoms with E-state index in [-0.39, 0.29) is 11.9 Å². The standard InChI is InChI=1S/C14H18N2O/c1-11(13-7-4-8-15-10-13)16-14(17)9-12-5-2-3-6-12/h2,4-5,7-8,10-12H,3,6,9H2,1H3,(H,16,17)/t11-,12+/m1/s1. The minimum absolute atomic E-state index is 0.0292. The van der Waals surface area contributed by atoms with E-state index in [2.05, 4.69) is 22.5 Å². The second kappa shape index (κ2) is 5.62. The second-order valence-corrected chi connectivity index (χ2v) is 4.55. The van der Waals surface area contributed by atoms with Gasteiger partial charge in [0.1, 0.15) is 0 Å². The number of allylic oxidation sites excluding steroid dienone is 2. The average Bonchev–Trinajstić information content (AvgIpc) is 2.82. The van der Waals surface area contributed by atoms with E-state index in [0.29, 0.717) is 12.3 Å². The highest BCUT2D eigenvalue weighted by Gasteiger charge is 2.15. The molecule has 3 nitrogen and oxygen atoms in total. The zero-order valence-corrected chi connectivity index (χ0v) is 10.1. The third-order valence-electron chi connectivity index (χ3n) is 3.12. The molecule has 1 aliphatic carbocycles. The predicted octanol–water partition coefficient (Wildman–Crippen LogP) is 2.62. The first kappa shape index (κ1) is 11.8. The smallest absolute Gasteiger partial charge is 0.221 e. The van der Waals surface area contributed by atoms with Crippen molar-refractivity contribution in [3.63, 3.8) is 0 Å². The summed E-state index contributed by atoms with van der Waals surface area (Å²) in [5.74, 6) is 0.550. The Hall–Kier alpha value is -1.64. The van der Waals surface area contributed by atoms with Crippen molar-refractivity contribution >= 4 is 5.91 Å². The number of amides is 1. The minimum Gasteiger partial charge on any atom is -0.350 e. The van der Waals surface area contributed by atoms with Gasteiger partial charge < -0.3 is 5.32 Å². The van der Waals surface area contributed by atoms with Crippen LogP contribution in [0.2, 0.25) is 0 Å². The molecule has 0 aromatic carbocycles. The van der Waals surface area contributed by atoms with Gasteiger partial charge in [-0.1, -0.05) is 18.2 Å². The molecule has 0 saturated heterocycles. The summed E-state index contributed by atoms with van der Waals surface area (Å²) in [7, 11) is 0. The Bertz CT molecular complexity index is 400. The van der Waals surface area contributed by atoms with Gasteiger partial charge in [-0.05, 0) is 37.3 Å². The molecule has 0 aliphatic heterocycles. The summed E-state index contributed by atoms with van der Waals surface area (Å²) >= 11 is 0. The van der Waals surface area contributed by atoms with E-state index in [1.807, 2.05) is 19.1 Å². The van der Waals surface area contributed by atoms with Gasteiger partial charge in [0, 0.05) is 18.8 Å². The molecule has 1 N–H and O–H groups in total. The molecule has 17 heavy (non-hydrogen) atoms. The summed E-state index contributed by atoms with van der Waals surface area (Å²) in [6.45, 7) is 1.99. The lowest BCUT2D eigenvalue weighted by Gasteiger charge is -2.15. The number of carbonyl (C=O) groups is 1. The molecule has 0 unspecified atom stereocenters. The Labute approximate surface area is 102 Å². The molecular formula is C14H18N2O. The van der Waals surface area contributed by atoms with Crippen LogP contribution in [-0.4, -0.2) is 10.9 Å². The fraction of sp³-hybridized carbons (Fsp3) is 0.429. The highest BCUT2D eigenvalue weighted by molar-refractivity contribution is 5.76. The molecular weight excluding hydrogens is 212 g/mol. The number of nitrogens with zero attached hydrogens (tertiary/aromatic N) is 1. The van der Waals surface area contributed by atoms with Crippen molar-refractivity contribution in [3.8, 4) is 0 Å². The van der Waals surface area contributed by atoms with Crippen molar-refractivity contribution in [2.45, 2.75) is 32.2 Å². The molecule has 0 fully saturated rings. The van der Waals surface area contributed by atoms with Crippen LogP contribution in [0.3, 0.4) is 0 Å². The van der Waals surface area contributed by atoms with Gasteiger partial charge in [-0.25, -0.2) is 0 Å². The van der Waals surface area contributed by atoms with Crippen molar-refractivity contribution < 1.29 is 4.79 Å². The van der Waals surface area contributed by atoms with Crippen molar-refractivity contribution in [2.75, 3.05) is 0 Å². The van der Waals surface area contributed by atoms with Gasteiger partial charge in [-0.3, -0.25) is 9.78 Å². The number of carbonyl (C=O) groups excluding carboxylic acids is 1. The Morgan fingerprint density at radius 1 is 1.65 bits per heavy atom. The summed E-state index contributed by atoms with van der Waals surface area (Å²) < 4.78 is 0. The van der Waals surface area contributed by atoms with Gasteiger partial charge in [0.25, 0.3) is 0 Å². The summed E-state index contributed by atoms with van der Waals surface area (Å²) in [5, 5.41) is 3.01. The van der Waals surface area contributed by atoms with Gasteiger partial charge >= 0.3 is 0 Å². The van der Waals surface area contributed by atoms with Crippen LogP contribution in [0, 0.1) is 5.92 Å². The predicted molar refractivity (Wildman–Crippen MR) is 67.3 cm³/mol. The van der Waals surface area contributed by atoms with Gasteiger partial charge in [-0.2, -0.15) is 0 Å². The van der Waals surface area contributed by atoms with Gasteiger partial charge in [0.15, 0.2) is 0 Å². The van der Waals surface area contributed by atoms with E-state index in [4.69, 9.17) is 0 Å². The fourth-order valence-corrected chi connectivity index (χ4v) is 2.12. The number of hydrogen-bond acceptors (Lipinski definition) is 2. The SMILES string of the molecule is C[C@@H](NC(=O)C[C@H]1C=CCC1)c1cccnc1. The van der Waals surface area contributed by atoms with Crippen LogP contribution in [0.15, 0.2) is 36.7 Å². The normalized spacial score (nSPS) is 20.2. The molecule has 2 atom stereocenters. The summed E-state index contributed by atoms with van der Waals surface area (Å²) in [6.07, 6.45) is 10.6. The molecule has 1 amide bonds. The zero-order valence-electron chi connectivity index (χ0n) is 10.1. The van der Waals surface area contributed by atoms with Crippen LogP contribution < -0.4 is 5.32 Å². The Balaban J connectivity index is 1.84. The van der Waals surface area contributed by atoms with E-state index < -0.39 is 0 Å². The average molecular weight is 230 g/mol. The lowest BCUT2D eigenvalue weighted by Crippen LogP contribution is -2.27. The highest BCUT2D eigenvalue weighted by Crippen LogP contribution is 2.20. The van der Waals surface area contributed by atoms with Gasteiger partial charge in [-0.15, -0.1) is 0 Å². The van der Waals surface area contributed by atoms with Crippen LogP contribution in [0.25, 0.3) is 0 Å². The summed E-state index contributed by atoms with van der Waals surface area (Å²) in [5.41, 5.74) is 1.04. The van der Waals surface area contributed by atoms with Crippen molar-refractivity contribution in [3.05, 3.63) is 42.2 Å². The van der Waals surface area contributed by atoms with Crippen LogP contribution in [0.5, 0.6) is 0 Å². The van der Waals surface area contributed by atoms with Gasteiger partial charge in [0.2, 0.25) is 5.91 Å². The van der Waals surface area contributed by atoms with E-state index in [0.717, 1.165) is 18.4 Å². The third-order valence-corrected chi connectivity index (χ3v) is 3.12. The van der Waals surface area contributed by atoms with Crippen LogP contribution in [-0.2, 0) is 4.79 Å². The Morgan fingerprint density at radius 2 is 2.53 bits per heavy atom. The molecule has 0 saturated carbocycles. The lowest BCUT2D eigenvalue weighted by atomic mass is 10.0. The van der Waals surface area contributed by atoms with Crippen molar-refractivity contribution in [2.24, 2.45) is 5.92 Å². The largest absolute Gasteiger partial charge is 0.350 e. The summed E-state index contributed by atoms with van der Waals surface area (Å²) in [6, 6.07) is 3.90. The maximum Gasteiger partial charge on any atom is 0.221 e. The van der Waals surface area contributed by atoms with Crippen LogP contribution in [0.4, 0.5) is 0 Å². The lowest BCUT2D eigenvalue weighted by molar-refractivity contribution is -0.122. The molecule has 0 bridgehead atoms. The first-order valence-electron chi connectivity index (χ1n) is 6.11. The maximum absolute atomic E-state index is 11.8. The number of nitrogens with one attached hydrogen (secondary N) is 1. The molecule has 0 spiro atoms. The van der Waals surface area contributed by atoms with Crippen LogP contribution >= 0.6 is 0 Å². The van der Waals surface area contributed by atoms with Crippen molar-refractivity contribution in [1.82, 2.24) is 10.3 Å². The molecule has 1 aromatic heterocycles. The molecule has 3 heteroatoms. The highest BCUT2D eigenvalue weighted by atomic mass is 16.1. The second-order valence-electron chi connectivity index (χ2n) is 4.55. The first-order chi connectivity index (χ1) is 8.25. The Kier molecular flexibility index (Phi) is 3.91. The topological polar surface area (TPSA) is 42.0 Å². The number of aromatic nitrogens is 1.